The van der Waals surface area contributed by atoms with Gasteiger partial charge >= 0.3 is 0 Å². The fourth-order valence-corrected chi connectivity index (χ4v) is 2.84. The molecule has 0 saturated heterocycles. The molecule has 0 unspecified atom stereocenters. The second-order valence-electron chi connectivity index (χ2n) is 5.68. The number of rotatable bonds is 3. The summed E-state index contributed by atoms with van der Waals surface area (Å²) < 4.78 is 2.34. The van der Waals surface area contributed by atoms with Gasteiger partial charge in [0, 0.05) is 23.0 Å². The van der Waals surface area contributed by atoms with Gasteiger partial charge in [0.25, 0.3) is 0 Å². The van der Waals surface area contributed by atoms with Crippen LogP contribution in [-0.4, -0.2) is 15.1 Å². The Hall–Kier alpha value is -1.61. The summed E-state index contributed by atoms with van der Waals surface area (Å²) in [6.45, 7) is 0.971. The van der Waals surface area contributed by atoms with E-state index in [0.29, 0.717) is 0 Å². The zero-order chi connectivity index (χ0) is 12.2. The van der Waals surface area contributed by atoms with Crippen molar-refractivity contribution in [3.05, 3.63) is 41.7 Å². The van der Waals surface area contributed by atoms with Gasteiger partial charge in [-0.05, 0) is 31.2 Å². The van der Waals surface area contributed by atoms with E-state index >= 15 is 0 Å². The highest BCUT2D eigenvalue weighted by Gasteiger charge is 2.37. The molecule has 2 aromatic rings. The van der Waals surface area contributed by atoms with Crippen LogP contribution in [0.25, 0.3) is 11.4 Å². The van der Waals surface area contributed by atoms with Crippen LogP contribution in [0.4, 0.5) is 0 Å². The van der Waals surface area contributed by atoms with E-state index in [1.54, 1.807) is 0 Å². The molecule has 1 fully saturated rings. The van der Waals surface area contributed by atoms with Gasteiger partial charge in [0.1, 0.15) is 5.82 Å². The summed E-state index contributed by atoms with van der Waals surface area (Å²) in [5.74, 6) is 1.13. The van der Waals surface area contributed by atoms with Gasteiger partial charge < -0.3 is 10.3 Å². The molecule has 1 aromatic heterocycles. The summed E-state index contributed by atoms with van der Waals surface area (Å²) in [7, 11) is 0. The summed E-state index contributed by atoms with van der Waals surface area (Å²) >= 11 is 0. The predicted molar refractivity (Wildman–Crippen MR) is 71.2 cm³/mol. The van der Waals surface area contributed by atoms with Crippen LogP contribution in [0.1, 0.15) is 30.5 Å². The third kappa shape index (κ3) is 1.51. The van der Waals surface area contributed by atoms with Gasteiger partial charge in [0.05, 0.1) is 6.54 Å². The van der Waals surface area contributed by atoms with Crippen LogP contribution < -0.4 is 5.73 Å². The second kappa shape index (κ2) is 3.45. The summed E-state index contributed by atoms with van der Waals surface area (Å²) in [5, 5.41) is 0. The molecule has 2 aliphatic rings. The number of nitrogens with two attached hydrogens (primary N) is 1. The third-order valence-electron chi connectivity index (χ3n) is 4.30. The first-order chi connectivity index (χ1) is 8.75. The van der Waals surface area contributed by atoms with E-state index in [4.69, 9.17) is 5.73 Å². The summed E-state index contributed by atoms with van der Waals surface area (Å²) in [6, 6.07) is 8.54. The van der Waals surface area contributed by atoms with E-state index in [0.717, 1.165) is 25.2 Å². The Kier molecular flexibility index (Phi) is 1.98. The Morgan fingerprint density at radius 1 is 1.28 bits per heavy atom. The van der Waals surface area contributed by atoms with Gasteiger partial charge in [0.2, 0.25) is 0 Å². The largest absolute Gasteiger partial charge is 0.325 e. The van der Waals surface area contributed by atoms with Crippen LogP contribution in [0.15, 0.2) is 30.5 Å². The predicted octanol–water partition coefficient (Wildman–Crippen LogP) is 2.34. The minimum absolute atomic E-state index is 0.135. The molecule has 18 heavy (non-hydrogen) atoms. The van der Waals surface area contributed by atoms with Crippen LogP contribution in [-0.2, 0) is 13.0 Å². The molecule has 0 atom stereocenters. The van der Waals surface area contributed by atoms with Crippen LogP contribution in [0.5, 0.6) is 0 Å². The highest BCUT2D eigenvalue weighted by molar-refractivity contribution is 5.65. The number of aryl methyl sites for hydroxylation is 1. The average Bonchev–Trinajstić information content (AvgIpc) is 2.86. The first-order valence-electron chi connectivity index (χ1n) is 6.67. The van der Waals surface area contributed by atoms with Gasteiger partial charge in [-0.25, -0.2) is 4.98 Å². The molecule has 2 heterocycles. The van der Waals surface area contributed by atoms with E-state index in [9.17, 15) is 0 Å². The number of aromatic nitrogens is 2. The molecule has 2 N–H and O–H groups in total. The maximum atomic E-state index is 6.16. The fourth-order valence-electron chi connectivity index (χ4n) is 2.84. The minimum Gasteiger partial charge on any atom is -0.325 e. The first-order valence-corrected chi connectivity index (χ1v) is 6.67. The highest BCUT2D eigenvalue weighted by Crippen LogP contribution is 2.38. The number of nitrogens with zero attached hydrogens (tertiary/aromatic N) is 2. The highest BCUT2D eigenvalue weighted by atomic mass is 15.1. The molecule has 3 heteroatoms. The van der Waals surface area contributed by atoms with Crippen molar-refractivity contribution in [2.45, 2.75) is 37.8 Å². The SMILES string of the molecule is NC1(CCc2cnc3n2Cc2ccccc2-3)CC1. The van der Waals surface area contributed by atoms with Crippen LogP contribution in [0.3, 0.4) is 0 Å². The van der Waals surface area contributed by atoms with Crippen molar-refractivity contribution in [2.75, 3.05) is 0 Å². The van der Waals surface area contributed by atoms with E-state index in [1.807, 2.05) is 6.20 Å². The lowest BCUT2D eigenvalue weighted by Crippen LogP contribution is -2.22. The van der Waals surface area contributed by atoms with Gasteiger partial charge in [-0.15, -0.1) is 0 Å². The Labute approximate surface area is 107 Å². The molecule has 1 aliphatic heterocycles. The van der Waals surface area contributed by atoms with E-state index in [2.05, 4.69) is 33.8 Å². The van der Waals surface area contributed by atoms with Crippen molar-refractivity contribution >= 4 is 0 Å². The smallest absolute Gasteiger partial charge is 0.140 e. The van der Waals surface area contributed by atoms with Crippen molar-refractivity contribution in [3.8, 4) is 11.4 Å². The quantitative estimate of drug-likeness (QED) is 0.762. The maximum Gasteiger partial charge on any atom is 0.140 e. The summed E-state index contributed by atoms with van der Waals surface area (Å²) in [5.41, 5.74) is 10.3. The van der Waals surface area contributed by atoms with Crippen molar-refractivity contribution < 1.29 is 0 Å². The lowest BCUT2D eigenvalue weighted by Gasteiger charge is -2.09. The molecule has 1 saturated carbocycles. The molecule has 92 valence electrons. The standard InChI is InChI=1S/C15H17N3/c16-15(7-8-15)6-5-12-9-17-14-13-4-2-1-3-11(13)10-18(12)14/h1-4,9H,5-8,10,16H2. The molecule has 0 radical (unpaired) electrons. The van der Waals surface area contributed by atoms with Gasteiger partial charge in [0.15, 0.2) is 0 Å². The van der Waals surface area contributed by atoms with Crippen molar-refractivity contribution in [2.24, 2.45) is 5.73 Å². The van der Waals surface area contributed by atoms with E-state index in [1.165, 1.54) is 29.7 Å². The Morgan fingerprint density at radius 3 is 2.94 bits per heavy atom. The molecule has 1 aliphatic carbocycles. The molecule has 0 amide bonds. The van der Waals surface area contributed by atoms with Crippen LogP contribution in [0, 0.1) is 0 Å². The molecular formula is C15H17N3. The zero-order valence-electron chi connectivity index (χ0n) is 10.4. The maximum absolute atomic E-state index is 6.16. The van der Waals surface area contributed by atoms with Gasteiger partial charge in [-0.3, -0.25) is 0 Å². The number of imidazole rings is 1. The Bertz CT molecular complexity index is 608. The second-order valence-corrected chi connectivity index (χ2v) is 5.68. The number of fused-ring (bicyclic) bond motifs is 3. The third-order valence-corrected chi connectivity index (χ3v) is 4.30. The van der Waals surface area contributed by atoms with Crippen molar-refractivity contribution in [3.63, 3.8) is 0 Å². The monoisotopic (exact) mass is 239 g/mol. The topological polar surface area (TPSA) is 43.8 Å². The number of hydrogen-bond donors (Lipinski definition) is 1. The minimum atomic E-state index is 0.135. The van der Waals surface area contributed by atoms with Crippen molar-refractivity contribution in [1.29, 1.82) is 0 Å². The van der Waals surface area contributed by atoms with E-state index in [-0.39, 0.29) is 5.54 Å². The normalized spacial score (nSPS) is 18.5. The molecular weight excluding hydrogens is 222 g/mol. The molecule has 1 aromatic carbocycles. The number of benzene rings is 1. The lowest BCUT2D eigenvalue weighted by atomic mass is 10.1. The fraction of sp³-hybridized carbons (Fsp3) is 0.400. The van der Waals surface area contributed by atoms with Crippen LogP contribution in [0.2, 0.25) is 0 Å². The molecule has 4 rings (SSSR count). The molecule has 0 spiro atoms. The molecule has 3 nitrogen and oxygen atoms in total. The van der Waals surface area contributed by atoms with E-state index < -0.39 is 0 Å². The molecule has 0 bridgehead atoms. The Morgan fingerprint density at radius 2 is 2.11 bits per heavy atom. The van der Waals surface area contributed by atoms with Gasteiger partial charge in [-0.1, -0.05) is 24.3 Å². The summed E-state index contributed by atoms with van der Waals surface area (Å²) in [4.78, 5) is 4.58. The summed E-state index contributed by atoms with van der Waals surface area (Å²) in [6.07, 6.45) is 6.55. The van der Waals surface area contributed by atoms with Crippen LogP contribution >= 0.6 is 0 Å². The van der Waals surface area contributed by atoms with Crippen molar-refractivity contribution in [1.82, 2.24) is 9.55 Å². The van der Waals surface area contributed by atoms with Gasteiger partial charge in [-0.2, -0.15) is 0 Å². The average molecular weight is 239 g/mol. The zero-order valence-corrected chi connectivity index (χ0v) is 10.4. The Balaban J connectivity index is 1.63. The lowest BCUT2D eigenvalue weighted by molar-refractivity contribution is 0.591. The number of hydrogen-bond acceptors (Lipinski definition) is 2. The first kappa shape index (κ1) is 10.3.